The summed E-state index contributed by atoms with van der Waals surface area (Å²) in [6.07, 6.45) is 2.58. The molecule has 0 saturated carbocycles. The number of aryl methyl sites for hydroxylation is 2. The summed E-state index contributed by atoms with van der Waals surface area (Å²) in [5.74, 6) is 0.940. The molecule has 0 aromatic carbocycles. The van der Waals surface area contributed by atoms with Crippen LogP contribution in [0.3, 0.4) is 0 Å². The molecule has 0 radical (unpaired) electrons. The minimum atomic E-state index is 0.106. The standard InChI is InChI=1S/C15H20N4O2S/c1-3-14-16-9-13(22-14)15(20)19-6-4-18(5-7-19)10-12-8-11(2)21-17-12/h8-9H,3-7,10H2,1-2H3. The molecule has 2 aromatic heterocycles. The molecule has 3 heterocycles. The highest BCUT2D eigenvalue weighted by Gasteiger charge is 2.24. The highest BCUT2D eigenvalue weighted by Crippen LogP contribution is 2.17. The Morgan fingerprint density at radius 3 is 2.73 bits per heavy atom. The fourth-order valence-corrected chi connectivity index (χ4v) is 3.38. The van der Waals surface area contributed by atoms with Crippen molar-refractivity contribution in [1.82, 2.24) is 19.9 Å². The third-order valence-electron chi connectivity index (χ3n) is 3.79. The molecule has 2 aromatic rings. The van der Waals surface area contributed by atoms with Crippen LogP contribution >= 0.6 is 11.3 Å². The second kappa shape index (κ2) is 6.58. The van der Waals surface area contributed by atoms with E-state index >= 15 is 0 Å². The van der Waals surface area contributed by atoms with Crippen LogP contribution in [0.15, 0.2) is 16.8 Å². The van der Waals surface area contributed by atoms with Gasteiger partial charge in [-0.05, 0) is 13.3 Å². The summed E-state index contributed by atoms with van der Waals surface area (Å²) in [6, 6.07) is 1.96. The van der Waals surface area contributed by atoms with Crippen molar-refractivity contribution < 1.29 is 9.32 Å². The molecule has 3 rings (SSSR count). The van der Waals surface area contributed by atoms with Crippen LogP contribution in [0.5, 0.6) is 0 Å². The Hall–Kier alpha value is -1.73. The number of aromatic nitrogens is 2. The lowest BCUT2D eigenvalue weighted by Gasteiger charge is -2.33. The molecule has 0 atom stereocenters. The van der Waals surface area contributed by atoms with E-state index in [2.05, 4.69) is 22.0 Å². The van der Waals surface area contributed by atoms with Crippen molar-refractivity contribution in [3.8, 4) is 0 Å². The third-order valence-corrected chi connectivity index (χ3v) is 4.92. The summed E-state index contributed by atoms with van der Waals surface area (Å²) < 4.78 is 5.09. The maximum atomic E-state index is 12.4. The van der Waals surface area contributed by atoms with Crippen LogP contribution in [0.4, 0.5) is 0 Å². The van der Waals surface area contributed by atoms with E-state index in [1.165, 1.54) is 11.3 Å². The first kappa shape index (κ1) is 15.2. The normalized spacial score (nSPS) is 16.2. The number of rotatable bonds is 4. The topological polar surface area (TPSA) is 62.5 Å². The van der Waals surface area contributed by atoms with Crippen LogP contribution in [0.25, 0.3) is 0 Å². The van der Waals surface area contributed by atoms with E-state index < -0.39 is 0 Å². The van der Waals surface area contributed by atoms with Crippen molar-refractivity contribution in [2.24, 2.45) is 0 Å². The van der Waals surface area contributed by atoms with Crippen LogP contribution < -0.4 is 0 Å². The molecule has 1 fully saturated rings. The summed E-state index contributed by atoms with van der Waals surface area (Å²) in [5, 5.41) is 5.04. The molecule has 0 unspecified atom stereocenters. The number of nitrogens with zero attached hydrogens (tertiary/aromatic N) is 4. The SMILES string of the molecule is CCc1ncc(C(=O)N2CCN(Cc3cc(C)on3)CC2)s1. The summed E-state index contributed by atoms with van der Waals surface area (Å²) >= 11 is 1.50. The van der Waals surface area contributed by atoms with Gasteiger partial charge in [0.05, 0.1) is 16.9 Å². The van der Waals surface area contributed by atoms with Crippen LogP contribution in [0.2, 0.25) is 0 Å². The minimum absolute atomic E-state index is 0.106. The highest BCUT2D eigenvalue weighted by atomic mass is 32.1. The van der Waals surface area contributed by atoms with Crippen LogP contribution in [-0.4, -0.2) is 52.0 Å². The first-order valence-corrected chi connectivity index (χ1v) is 8.36. The van der Waals surface area contributed by atoms with Crippen molar-refractivity contribution in [2.45, 2.75) is 26.8 Å². The number of carbonyl (C=O) groups excluding carboxylic acids is 1. The average molecular weight is 320 g/mol. The third kappa shape index (κ3) is 3.36. The quantitative estimate of drug-likeness (QED) is 0.862. The molecule has 0 aliphatic carbocycles. The monoisotopic (exact) mass is 320 g/mol. The fraction of sp³-hybridized carbons (Fsp3) is 0.533. The zero-order valence-electron chi connectivity index (χ0n) is 12.9. The molecule has 1 amide bonds. The van der Waals surface area contributed by atoms with E-state index in [0.29, 0.717) is 0 Å². The number of hydrogen-bond acceptors (Lipinski definition) is 6. The van der Waals surface area contributed by atoms with Gasteiger partial charge in [0, 0.05) is 38.8 Å². The fourth-order valence-electron chi connectivity index (χ4n) is 2.56. The van der Waals surface area contributed by atoms with Crippen molar-refractivity contribution in [3.05, 3.63) is 33.6 Å². The van der Waals surface area contributed by atoms with Gasteiger partial charge in [0.2, 0.25) is 0 Å². The van der Waals surface area contributed by atoms with Crippen molar-refractivity contribution in [2.75, 3.05) is 26.2 Å². The smallest absolute Gasteiger partial charge is 0.265 e. The zero-order valence-corrected chi connectivity index (χ0v) is 13.7. The Balaban J connectivity index is 1.53. The first-order valence-electron chi connectivity index (χ1n) is 7.54. The molecular formula is C15H20N4O2S. The van der Waals surface area contributed by atoms with E-state index in [1.807, 2.05) is 17.9 Å². The Bertz CT molecular complexity index is 644. The predicted molar refractivity (Wildman–Crippen MR) is 83.9 cm³/mol. The molecule has 22 heavy (non-hydrogen) atoms. The Morgan fingerprint density at radius 1 is 1.36 bits per heavy atom. The second-order valence-corrected chi connectivity index (χ2v) is 6.58. The number of carbonyl (C=O) groups is 1. The van der Waals surface area contributed by atoms with E-state index in [-0.39, 0.29) is 5.91 Å². The molecule has 0 spiro atoms. The van der Waals surface area contributed by atoms with Gasteiger partial charge in [-0.15, -0.1) is 11.3 Å². The number of hydrogen-bond donors (Lipinski definition) is 0. The largest absolute Gasteiger partial charge is 0.361 e. The van der Waals surface area contributed by atoms with E-state index in [0.717, 1.165) is 60.5 Å². The van der Waals surface area contributed by atoms with Gasteiger partial charge in [0.1, 0.15) is 10.6 Å². The molecule has 6 nitrogen and oxygen atoms in total. The lowest BCUT2D eigenvalue weighted by Crippen LogP contribution is -2.48. The Kier molecular flexibility index (Phi) is 4.54. The predicted octanol–water partition coefficient (Wildman–Crippen LogP) is 1.96. The lowest BCUT2D eigenvalue weighted by atomic mass is 10.2. The molecule has 118 valence electrons. The summed E-state index contributed by atoms with van der Waals surface area (Å²) in [7, 11) is 0. The van der Waals surface area contributed by atoms with Crippen molar-refractivity contribution in [1.29, 1.82) is 0 Å². The molecular weight excluding hydrogens is 300 g/mol. The average Bonchev–Trinajstić information content (AvgIpc) is 3.16. The van der Waals surface area contributed by atoms with E-state index in [1.54, 1.807) is 6.20 Å². The molecule has 1 saturated heterocycles. The molecule has 7 heteroatoms. The van der Waals surface area contributed by atoms with Crippen molar-refractivity contribution >= 4 is 17.2 Å². The summed E-state index contributed by atoms with van der Waals surface area (Å²) in [6.45, 7) is 7.93. The zero-order chi connectivity index (χ0) is 15.5. The van der Waals surface area contributed by atoms with Gasteiger partial charge in [-0.1, -0.05) is 12.1 Å². The van der Waals surface area contributed by atoms with Gasteiger partial charge >= 0.3 is 0 Å². The maximum Gasteiger partial charge on any atom is 0.265 e. The van der Waals surface area contributed by atoms with Gasteiger partial charge in [0.25, 0.3) is 5.91 Å². The molecule has 0 N–H and O–H groups in total. The molecule has 1 aliphatic heterocycles. The van der Waals surface area contributed by atoms with Gasteiger partial charge in [-0.3, -0.25) is 9.69 Å². The molecule has 0 bridgehead atoms. The minimum Gasteiger partial charge on any atom is -0.361 e. The number of thiazole rings is 1. The molecule has 1 aliphatic rings. The van der Waals surface area contributed by atoms with Gasteiger partial charge in [-0.25, -0.2) is 4.98 Å². The number of piperazine rings is 1. The van der Waals surface area contributed by atoms with Crippen molar-refractivity contribution in [3.63, 3.8) is 0 Å². The summed E-state index contributed by atoms with van der Waals surface area (Å²) in [4.78, 5) is 21.7. The highest BCUT2D eigenvalue weighted by molar-refractivity contribution is 7.13. The lowest BCUT2D eigenvalue weighted by molar-refractivity contribution is 0.0630. The van der Waals surface area contributed by atoms with Crippen LogP contribution in [0.1, 0.15) is 33.1 Å². The first-order chi connectivity index (χ1) is 10.7. The van der Waals surface area contributed by atoms with Gasteiger partial charge in [-0.2, -0.15) is 0 Å². The Morgan fingerprint density at radius 2 is 2.14 bits per heavy atom. The van der Waals surface area contributed by atoms with Crippen LogP contribution in [0, 0.1) is 6.92 Å². The maximum absolute atomic E-state index is 12.4. The van der Waals surface area contributed by atoms with Gasteiger partial charge < -0.3 is 9.42 Å². The van der Waals surface area contributed by atoms with Gasteiger partial charge in [0.15, 0.2) is 0 Å². The summed E-state index contributed by atoms with van der Waals surface area (Å²) in [5.41, 5.74) is 0.951. The number of amides is 1. The van der Waals surface area contributed by atoms with Crippen LogP contribution in [-0.2, 0) is 13.0 Å². The van der Waals surface area contributed by atoms with E-state index in [9.17, 15) is 4.79 Å². The Labute approximate surface area is 133 Å². The second-order valence-electron chi connectivity index (χ2n) is 5.47. The van der Waals surface area contributed by atoms with E-state index in [4.69, 9.17) is 4.52 Å².